The fourth-order valence-corrected chi connectivity index (χ4v) is 2.61. The summed E-state index contributed by atoms with van der Waals surface area (Å²) in [6.07, 6.45) is -1.08. The van der Waals surface area contributed by atoms with Gasteiger partial charge in [0.25, 0.3) is 0 Å². The minimum absolute atomic E-state index is 0.155. The van der Waals surface area contributed by atoms with Crippen LogP contribution in [0.2, 0.25) is 0 Å². The van der Waals surface area contributed by atoms with Crippen LogP contribution in [0.15, 0.2) is 18.2 Å². The van der Waals surface area contributed by atoms with Gasteiger partial charge in [0.2, 0.25) is 0 Å². The van der Waals surface area contributed by atoms with Crippen LogP contribution >= 0.6 is 0 Å². The Kier molecular flexibility index (Phi) is 4.04. The predicted octanol–water partition coefficient (Wildman–Crippen LogP) is 3.66. The first-order chi connectivity index (χ1) is 8.88. The molecule has 0 radical (unpaired) electrons. The molecule has 2 nitrogen and oxygen atoms in total. The fraction of sp³-hybridized carbons (Fsp3) is 0.571. The van der Waals surface area contributed by atoms with E-state index >= 15 is 0 Å². The van der Waals surface area contributed by atoms with Crippen molar-refractivity contribution in [1.82, 2.24) is 4.90 Å². The van der Waals surface area contributed by atoms with Gasteiger partial charge in [0.05, 0.1) is 5.56 Å². The van der Waals surface area contributed by atoms with E-state index in [1.54, 1.807) is 6.07 Å². The van der Waals surface area contributed by atoms with Gasteiger partial charge < -0.3 is 5.73 Å². The van der Waals surface area contributed by atoms with Crippen molar-refractivity contribution in [2.24, 2.45) is 0 Å². The Bertz CT molecular complexity index is 443. The molecule has 1 heterocycles. The standard InChI is InChI=1S/C14H19F3N2/c1-10-4-2-3-7-19(10)9-11-5-6-12(18)8-13(11)14(15,16)17/h5-6,8,10H,2-4,7,9,18H2,1H3. The van der Waals surface area contributed by atoms with Crippen molar-refractivity contribution in [3.8, 4) is 0 Å². The van der Waals surface area contributed by atoms with Crippen LogP contribution in [0.3, 0.4) is 0 Å². The minimum Gasteiger partial charge on any atom is -0.399 e. The van der Waals surface area contributed by atoms with E-state index in [1.807, 2.05) is 0 Å². The van der Waals surface area contributed by atoms with Crippen LogP contribution < -0.4 is 5.73 Å². The Balaban J connectivity index is 2.24. The maximum absolute atomic E-state index is 13.0. The second-order valence-corrected chi connectivity index (χ2v) is 5.23. The summed E-state index contributed by atoms with van der Waals surface area (Å²) < 4.78 is 39.0. The first-order valence-electron chi connectivity index (χ1n) is 6.57. The SMILES string of the molecule is CC1CCCCN1Cc1ccc(N)cc1C(F)(F)F. The lowest BCUT2D eigenvalue weighted by Gasteiger charge is -2.34. The van der Waals surface area contributed by atoms with E-state index in [4.69, 9.17) is 5.73 Å². The van der Waals surface area contributed by atoms with Gasteiger partial charge in [0, 0.05) is 18.3 Å². The summed E-state index contributed by atoms with van der Waals surface area (Å²) >= 11 is 0. The number of hydrogen-bond donors (Lipinski definition) is 1. The summed E-state index contributed by atoms with van der Waals surface area (Å²) in [6.45, 7) is 3.28. The number of nitrogen functional groups attached to an aromatic ring is 1. The van der Waals surface area contributed by atoms with Gasteiger partial charge >= 0.3 is 6.18 Å². The van der Waals surface area contributed by atoms with Crippen LogP contribution in [0.25, 0.3) is 0 Å². The number of benzene rings is 1. The molecule has 5 heteroatoms. The van der Waals surface area contributed by atoms with Gasteiger partial charge in [-0.25, -0.2) is 0 Å². The largest absolute Gasteiger partial charge is 0.416 e. The molecule has 1 unspecified atom stereocenters. The molecular formula is C14H19F3N2. The summed E-state index contributed by atoms with van der Waals surface area (Å²) in [5, 5.41) is 0. The maximum Gasteiger partial charge on any atom is 0.416 e. The van der Waals surface area contributed by atoms with Crippen molar-refractivity contribution in [2.75, 3.05) is 12.3 Å². The number of piperidine rings is 1. The lowest BCUT2D eigenvalue weighted by molar-refractivity contribution is -0.138. The Labute approximate surface area is 111 Å². The summed E-state index contributed by atoms with van der Waals surface area (Å²) in [6, 6.07) is 4.41. The molecule has 2 N–H and O–H groups in total. The average Bonchev–Trinajstić information content (AvgIpc) is 2.33. The molecule has 2 rings (SSSR count). The van der Waals surface area contributed by atoms with Gasteiger partial charge in [-0.1, -0.05) is 12.5 Å². The van der Waals surface area contributed by atoms with E-state index in [-0.39, 0.29) is 5.69 Å². The van der Waals surface area contributed by atoms with E-state index in [0.717, 1.165) is 31.9 Å². The highest BCUT2D eigenvalue weighted by Crippen LogP contribution is 2.34. The van der Waals surface area contributed by atoms with Gasteiger partial charge in [0.1, 0.15) is 0 Å². The van der Waals surface area contributed by atoms with E-state index in [0.29, 0.717) is 18.2 Å². The third kappa shape index (κ3) is 3.41. The van der Waals surface area contributed by atoms with Crippen molar-refractivity contribution >= 4 is 5.69 Å². The second-order valence-electron chi connectivity index (χ2n) is 5.23. The number of halogens is 3. The van der Waals surface area contributed by atoms with Gasteiger partial charge in [-0.2, -0.15) is 13.2 Å². The van der Waals surface area contributed by atoms with Crippen molar-refractivity contribution < 1.29 is 13.2 Å². The number of nitrogens with two attached hydrogens (primary N) is 1. The molecule has 0 amide bonds. The molecule has 0 bridgehead atoms. The summed E-state index contributed by atoms with van der Waals surface area (Å²) in [4.78, 5) is 2.12. The van der Waals surface area contributed by atoms with Crippen LogP contribution in [-0.4, -0.2) is 17.5 Å². The zero-order chi connectivity index (χ0) is 14.0. The molecule has 1 aliphatic heterocycles. The molecule has 1 aromatic carbocycles. The summed E-state index contributed by atoms with van der Waals surface area (Å²) in [5.41, 5.74) is 5.34. The molecule has 1 saturated heterocycles. The monoisotopic (exact) mass is 272 g/mol. The number of nitrogens with zero attached hydrogens (tertiary/aromatic N) is 1. The van der Waals surface area contributed by atoms with Crippen molar-refractivity contribution in [3.63, 3.8) is 0 Å². The highest BCUT2D eigenvalue weighted by molar-refractivity contribution is 5.46. The Morgan fingerprint density at radius 2 is 2.05 bits per heavy atom. The van der Waals surface area contributed by atoms with Crippen LogP contribution in [0.5, 0.6) is 0 Å². The predicted molar refractivity (Wildman–Crippen MR) is 69.6 cm³/mol. The fourth-order valence-electron chi connectivity index (χ4n) is 2.61. The quantitative estimate of drug-likeness (QED) is 0.832. The van der Waals surface area contributed by atoms with Crippen LogP contribution in [0.1, 0.15) is 37.3 Å². The van der Waals surface area contributed by atoms with Gasteiger partial charge in [-0.3, -0.25) is 4.90 Å². The molecule has 1 aliphatic rings. The summed E-state index contributed by atoms with van der Waals surface area (Å²) in [7, 11) is 0. The molecule has 1 fully saturated rings. The third-order valence-electron chi connectivity index (χ3n) is 3.75. The van der Waals surface area contributed by atoms with Gasteiger partial charge in [0.15, 0.2) is 0 Å². The molecule has 1 atom stereocenters. The summed E-state index contributed by atoms with van der Waals surface area (Å²) in [5.74, 6) is 0. The zero-order valence-electron chi connectivity index (χ0n) is 11.0. The van der Waals surface area contributed by atoms with Crippen molar-refractivity contribution in [2.45, 2.75) is 44.9 Å². The highest BCUT2D eigenvalue weighted by Gasteiger charge is 2.34. The highest BCUT2D eigenvalue weighted by atomic mass is 19.4. The third-order valence-corrected chi connectivity index (χ3v) is 3.75. The molecule has 1 aromatic rings. The number of alkyl halides is 3. The van der Waals surface area contributed by atoms with Crippen molar-refractivity contribution in [1.29, 1.82) is 0 Å². The average molecular weight is 272 g/mol. The first kappa shape index (κ1) is 14.2. The molecule has 0 spiro atoms. The molecule has 19 heavy (non-hydrogen) atoms. The Morgan fingerprint density at radius 1 is 1.32 bits per heavy atom. The minimum atomic E-state index is -4.34. The number of rotatable bonds is 2. The Morgan fingerprint density at radius 3 is 2.68 bits per heavy atom. The van der Waals surface area contributed by atoms with Gasteiger partial charge in [-0.15, -0.1) is 0 Å². The van der Waals surface area contributed by atoms with Gasteiger partial charge in [-0.05, 0) is 44.0 Å². The van der Waals surface area contributed by atoms with Crippen LogP contribution in [-0.2, 0) is 12.7 Å². The van der Waals surface area contributed by atoms with E-state index in [2.05, 4.69) is 11.8 Å². The second kappa shape index (κ2) is 5.41. The topological polar surface area (TPSA) is 29.3 Å². The zero-order valence-corrected chi connectivity index (χ0v) is 11.0. The molecule has 0 aliphatic carbocycles. The molecule has 106 valence electrons. The first-order valence-corrected chi connectivity index (χ1v) is 6.57. The normalized spacial score (nSPS) is 21.6. The molecule has 0 aromatic heterocycles. The molecule has 0 saturated carbocycles. The number of likely N-dealkylation sites (tertiary alicyclic amines) is 1. The van der Waals surface area contributed by atoms with E-state index in [9.17, 15) is 13.2 Å². The lowest BCUT2D eigenvalue weighted by atomic mass is 10.0. The van der Waals surface area contributed by atoms with Crippen LogP contribution in [0.4, 0.5) is 18.9 Å². The van der Waals surface area contributed by atoms with E-state index in [1.165, 1.54) is 6.07 Å². The lowest BCUT2D eigenvalue weighted by Crippen LogP contribution is -2.37. The van der Waals surface area contributed by atoms with Crippen molar-refractivity contribution in [3.05, 3.63) is 29.3 Å². The van der Waals surface area contributed by atoms with E-state index < -0.39 is 11.7 Å². The maximum atomic E-state index is 13.0. The Hall–Kier alpha value is -1.23. The van der Waals surface area contributed by atoms with Crippen LogP contribution in [0, 0.1) is 0 Å². The molecular weight excluding hydrogens is 253 g/mol. The number of hydrogen-bond acceptors (Lipinski definition) is 2. The smallest absolute Gasteiger partial charge is 0.399 e. The number of anilines is 1.